The lowest BCUT2D eigenvalue weighted by Crippen LogP contribution is -1.92. The van der Waals surface area contributed by atoms with E-state index in [9.17, 15) is 9.90 Å². The quantitative estimate of drug-likeness (QED) is 0.710. The minimum Gasteiger partial charge on any atom is -0.493 e. The number of carbonyl (C=O) groups is 1. The number of hydrogen-bond acceptors (Lipinski definition) is 3. The van der Waals surface area contributed by atoms with Gasteiger partial charge in [-0.2, -0.15) is 0 Å². The topological polar surface area (TPSA) is 66.9 Å². The monoisotopic (exact) mass is 313 g/mol. The van der Waals surface area contributed by atoms with Crippen molar-refractivity contribution in [3.63, 3.8) is 0 Å². The summed E-state index contributed by atoms with van der Waals surface area (Å²) in [6.07, 6.45) is 0. The normalized spacial score (nSPS) is 11.4. The van der Waals surface area contributed by atoms with Gasteiger partial charge in [-0.05, 0) is 24.3 Å². The van der Waals surface area contributed by atoms with Gasteiger partial charge in [-0.3, -0.25) is 4.79 Å². The highest BCUT2D eigenvalue weighted by Crippen LogP contribution is 2.37. The Bertz CT molecular complexity index is 900. The minimum atomic E-state index is -0.519. The molecule has 110 valence electrons. The van der Waals surface area contributed by atoms with Crippen LogP contribution in [0.15, 0.2) is 58.8 Å². The summed E-state index contributed by atoms with van der Waals surface area (Å²) >= 11 is 5.84. The van der Waals surface area contributed by atoms with E-state index in [-0.39, 0.29) is 11.6 Å². The number of hydrogen-bond donors (Lipinski definition) is 1. The van der Waals surface area contributed by atoms with Gasteiger partial charge in [-0.15, -0.1) is 10.2 Å². The Kier molecular flexibility index (Phi) is 3.65. The fourth-order valence-corrected chi connectivity index (χ4v) is 2.42. The number of benzene rings is 2. The molecule has 22 heavy (non-hydrogen) atoms. The van der Waals surface area contributed by atoms with Crippen molar-refractivity contribution in [3.8, 4) is 5.88 Å². The Morgan fingerprint density at radius 1 is 1.18 bits per heavy atom. The molecule has 0 radical (unpaired) electrons. The maximum atomic E-state index is 12.0. The second-order valence-electron chi connectivity index (χ2n) is 4.76. The molecule has 1 N–H and O–H groups in total. The van der Waals surface area contributed by atoms with Gasteiger partial charge in [0.2, 0.25) is 5.88 Å². The Balaban J connectivity index is 2.00. The predicted molar refractivity (Wildman–Crippen MR) is 84.9 cm³/mol. The lowest BCUT2D eigenvalue weighted by Gasteiger charge is -1.96. The van der Waals surface area contributed by atoms with E-state index in [1.807, 2.05) is 24.3 Å². The highest BCUT2D eigenvalue weighted by molar-refractivity contribution is 6.30. The number of aryl methyl sites for hydroxylation is 1. The van der Waals surface area contributed by atoms with Crippen LogP contribution in [0.1, 0.15) is 10.4 Å². The van der Waals surface area contributed by atoms with E-state index < -0.39 is 5.91 Å². The molecule has 6 heteroatoms. The first-order valence-electron chi connectivity index (χ1n) is 6.56. The Morgan fingerprint density at radius 2 is 1.95 bits per heavy atom. The lowest BCUT2D eigenvalue weighted by atomic mass is 10.2. The van der Waals surface area contributed by atoms with Gasteiger partial charge in [0.1, 0.15) is 0 Å². The molecule has 5 nitrogen and oxygen atoms in total. The van der Waals surface area contributed by atoms with Crippen LogP contribution >= 0.6 is 11.6 Å². The van der Waals surface area contributed by atoms with Gasteiger partial charge < -0.3 is 9.67 Å². The zero-order valence-corrected chi connectivity index (χ0v) is 12.4. The molecule has 0 aliphatic heterocycles. The van der Waals surface area contributed by atoms with E-state index >= 15 is 0 Å². The molecular formula is C16H12ClN3O2. The first-order chi connectivity index (χ1) is 10.6. The molecule has 0 saturated carbocycles. The van der Waals surface area contributed by atoms with Crippen molar-refractivity contribution in [2.75, 3.05) is 0 Å². The molecule has 0 saturated heterocycles. The van der Waals surface area contributed by atoms with Gasteiger partial charge in [0.05, 0.1) is 5.52 Å². The highest BCUT2D eigenvalue weighted by Gasteiger charge is 2.14. The first kappa shape index (κ1) is 14.3. The number of aromatic nitrogens is 1. The molecule has 0 atom stereocenters. The maximum absolute atomic E-state index is 12.0. The average molecular weight is 314 g/mol. The van der Waals surface area contributed by atoms with Crippen LogP contribution in [-0.2, 0) is 7.05 Å². The van der Waals surface area contributed by atoms with Gasteiger partial charge in [0.25, 0.3) is 5.91 Å². The Labute approximate surface area is 131 Å². The Morgan fingerprint density at radius 3 is 2.73 bits per heavy atom. The van der Waals surface area contributed by atoms with Crippen molar-refractivity contribution >= 4 is 34.1 Å². The SMILES string of the molecule is Cn1c(O)c(N=NC(=O)c2cccc(Cl)c2)c2ccccc21. The second kappa shape index (κ2) is 5.61. The number of fused-ring (bicyclic) bond motifs is 1. The van der Waals surface area contributed by atoms with Crippen LogP contribution in [0, 0.1) is 0 Å². The number of para-hydroxylation sites is 1. The van der Waals surface area contributed by atoms with E-state index in [0.717, 1.165) is 10.9 Å². The lowest BCUT2D eigenvalue weighted by molar-refractivity contribution is 0.0995. The zero-order valence-electron chi connectivity index (χ0n) is 11.7. The molecule has 1 aromatic heterocycles. The predicted octanol–water partition coefficient (Wildman–Crippen LogP) is 4.46. The van der Waals surface area contributed by atoms with Crippen molar-refractivity contribution in [1.82, 2.24) is 4.57 Å². The van der Waals surface area contributed by atoms with Crippen molar-refractivity contribution < 1.29 is 9.90 Å². The summed E-state index contributed by atoms with van der Waals surface area (Å²) in [5, 5.41) is 18.9. The molecule has 3 aromatic rings. The zero-order chi connectivity index (χ0) is 15.7. The molecule has 1 amide bonds. The number of amides is 1. The standard InChI is InChI=1S/C16H12ClN3O2/c1-20-13-8-3-2-7-12(13)14(16(20)22)18-19-15(21)10-5-4-6-11(17)9-10/h2-9,22H,1H3. The number of carbonyl (C=O) groups excluding carboxylic acids is 1. The van der Waals surface area contributed by atoms with Crippen molar-refractivity contribution in [2.45, 2.75) is 0 Å². The molecule has 0 aliphatic rings. The fraction of sp³-hybridized carbons (Fsp3) is 0.0625. The third-order valence-corrected chi connectivity index (χ3v) is 3.60. The third-order valence-electron chi connectivity index (χ3n) is 3.36. The number of rotatable bonds is 2. The van der Waals surface area contributed by atoms with Crippen LogP contribution in [0.3, 0.4) is 0 Å². The Hall–Kier alpha value is -2.66. The van der Waals surface area contributed by atoms with Crippen LogP contribution in [0.2, 0.25) is 5.02 Å². The number of halogens is 1. The van der Waals surface area contributed by atoms with Gasteiger partial charge in [0, 0.05) is 23.0 Å². The van der Waals surface area contributed by atoms with Gasteiger partial charge in [-0.1, -0.05) is 35.9 Å². The maximum Gasteiger partial charge on any atom is 0.295 e. The van der Waals surface area contributed by atoms with Crippen LogP contribution in [0.5, 0.6) is 5.88 Å². The summed E-state index contributed by atoms with van der Waals surface area (Å²) in [5.41, 5.74) is 1.42. The summed E-state index contributed by atoms with van der Waals surface area (Å²) in [4.78, 5) is 12.0. The molecule has 0 spiro atoms. The largest absolute Gasteiger partial charge is 0.493 e. The summed E-state index contributed by atoms with van der Waals surface area (Å²) in [6.45, 7) is 0. The molecule has 0 unspecified atom stereocenters. The number of azo groups is 1. The van der Waals surface area contributed by atoms with E-state index in [0.29, 0.717) is 10.6 Å². The average Bonchev–Trinajstić information content (AvgIpc) is 2.77. The van der Waals surface area contributed by atoms with Gasteiger partial charge in [-0.25, -0.2) is 0 Å². The van der Waals surface area contributed by atoms with Crippen LogP contribution in [-0.4, -0.2) is 15.6 Å². The number of nitrogens with zero attached hydrogens (tertiary/aromatic N) is 3. The van der Waals surface area contributed by atoms with Crippen LogP contribution in [0.4, 0.5) is 5.69 Å². The van der Waals surface area contributed by atoms with E-state index in [1.165, 1.54) is 6.07 Å². The van der Waals surface area contributed by atoms with Gasteiger partial charge >= 0.3 is 0 Å². The van der Waals surface area contributed by atoms with Gasteiger partial charge in [0.15, 0.2) is 5.69 Å². The molecule has 2 aromatic carbocycles. The first-order valence-corrected chi connectivity index (χ1v) is 6.94. The number of aromatic hydroxyl groups is 1. The summed E-state index contributed by atoms with van der Waals surface area (Å²) < 4.78 is 1.59. The molecule has 0 aliphatic carbocycles. The van der Waals surface area contributed by atoms with Crippen molar-refractivity contribution in [2.24, 2.45) is 17.3 Å². The molecule has 3 rings (SSSR count). The molecule has 0 bridgehead atoms. The fourth-order valence-electron chi connectivity index (χ4n) is 2.23. The van der Waals surface area contributed by atoms with Crippen LogP contribution in [0.25, 0.3) is 10.9 Å². The van der Waals surface area contributed by atoms with Crippen molar-refractivity contribution in [1.29, 1.82) is 0 Å². The minimum absolute atomic E-state index is 0.0381. The summed E-state index contributed by atoms with van der Waals surface area (Å²) in [5.74, 6) is -0.557. The van der Waals surface area contributed by atoms with E-state index in [2.05, 4.69) is 10.2 Å². The van der Waals surface area contributed by atoms with Crippen LogP contribution < -0.4 is 0 Å². The molecular weight excluding hydrogens is 302 g/mol. The molecule has 0 fully saturated rings. The smallest absolute Gasteiger partial charge is 0.295 e. The van der Waals surface area contributed by atoms with E-state index in [1.54, 1.807) is 29.8 Å². The van der Waals surface area contributed by atoms with E-state index in [4.69, 9.17) is 11.6 Å². The highest BCUT2D eigenvalue weighted by atomic mass is 35.5. The second-order valence-corrected chi connectivity index (χ2v) is 5.20. The third kappa shape index (κ3) is 2.46. The summed E-state index contributed by atoms with van der Waals surface area (Å²) in [7, 11) is 1.72. The summed E-state index contributed by atoms with van der Waals surface area (Å²) in [6, 6.07) is 13.8. The molecule has 1 heterocycles. The van der Waals surface area contributed by atoms with Crippen molar-refractivity contribution in [3.05, 3.63) is 59.1 Å².